The number of imidazole rings is 1. The Hall–Kier alpha value is -3.17. The third-order valence-electron chi connectivity index (χ3n) is 6.57. The summed E-state index contributed by atoms with van der Waals surface area (Å²) in [6, 6.07) is 30.5. The van der Waals surface area contributed by atoms with Crippen molar-refractivity contribution >= 4 is 0 Å². The molecule has 0 aliphatic carbocycles. The standard InChI is InChI=1S/C32H39N3/c1-5-6-21-35-30(22-33-31(35)28-15-11-8-12-16-28)25-34(23-26-13-9-7-10-14-26)24-27-17-19-29(20-18-27)32(2,3)4/h7-20,22H,5-6,21,23-25H2,1-4H3. The van der Waals surface area contributed by atoms with Crippen LogP contribution in [0.25, 0.3) is 11.4 Å². The lowest BCUT2D eigenvalue weighted by Crippen LogP contribution is -2.24. The number of rotatable bonds is 10. The SMILES string of the molecule is CCCCn1c(CN(Cc2ccccc2)Cc2ccc(C(C)(C)C)cc2)cnc1-c1ccccc1. The largest absolute Gasteiger partial charge is 0.327 e. The lowest BCUT2D eigenvalue weighted by atomic mass is 9.87. The zero-order chi connectivity index (χ0) is 24.7. The van der Waals surface area contributed by atoms with E-state index in [-0.39, 0.29) is 5.41 Å². The van der Waals surface area contributed by atoms with E-state index in [1.165, 1.54) is 34.4 Å². The van der Waals surface area contributed by atoms with E-state index >= 15 is 0 Å². The van der Waals surface area contributed by atoms with E-state index in [1.807, 2.05) is 0 Å². The molecule has 0 atom stereocenters. The normalized spacial score (nSPS) is 11.8. The molecule has 0 saturated heterocycles. The molecule has 3 aromatic carbocycles. The van der Waals surface area contributed by atoms with Gasteiger partial charge in [0.2, 0.25) is 0 Å². The first-order chi connectivity index (χ1) is 16.9. The van der Waals surface area contributed by atoms with E-state index in [0.717, 1.165) is 38.4 Å². The van der Waals surface area contributed by atoms with Gasteiger partial charge >= 0.3 is 0 Å². The van der Waals surface area contributed by atoms with Gasteiger partial charge in [-0.15, -0.1) is 0 Å². The van der Waals surface area contributed by atoms with Gasteiger partial charge in [-0.05, 0) is 28.5 Å². The summed E-state index contributed by atoms with van der Waals surface area (Å²) in [5.41, 5.74) is 6.68. The molecule has 0 fully saturated rings. The number of aromatic nitrogens is 2. The van der Waals surface area contributed by atoms with Gasteiger partial charge in [-0.2, -0.15) is 0 Å². The van der Waals surface area contributed by atoms with Crippen molar-refractivity contribution in [2.75, 3.05) is 0 Å². The highest BCUT2D eigenvalue weighted by molar-refractivity contribution is 5.55. The number of hydrogen-bond acceptors (Lipinski definition) is 2. The Morgan fingerprint density at radius 1 is 0.743 bits per heavy atom. The van der Waals surface area contributed by atoms with Crippen LogP contribution in [0.5, 0.6) is 0 Å². The molecule has 0 unspecified atom stereocenters. The average Bonchev–Trinajstić information content (AvgIpc) is 3.25. The van der Waals surface area contributed by atoms with Gasteiger partial charge < -0.3 is 4.57 Å². The van der Waals surface area contributed by atoms with Gasteiger partial charge in [0.05, 0.1) is 11.9 Å². The predicted molar refractivity (Wildman–Crippen MR) is 147 cm³/mol. The van der Waals surface area contributed by atoms with Crippen molar-refractivity contribution in [1.29, 1.82) is 0 Å². The minimum Gasteiger partial charge on any atom is -0.327 e. The topological polar surface area (TPSA) is 21.1 Å². The van der Waals surface area contributed by atoms with Crippen LogP contribution in [0.3, 0.4) is 0 Å². The highest BCUT2D eigenvalue weighted by atomic mass is 15.2. The molecule has 3 nitrogen and oxygen atoms in total. The Bertz CT molecular complexity index is 1170. The van der Waals surface area contributed by atoms with Gasteiger partial charge in [0.15, 0.2) is 0 Å². The lowest BCUT2D eigenvalue weighted by molar-refractivity contribution is 0.241. The van der Waals surface area contributed by atoms with Crippen molar-refractivity contribution in [3.05, 3.63) is 114 Å². The molecule has 0 aliphatic heterocycles. The van der Waals surface area contributed by atoms with E-state index in [2.05, 4.69) is 128 Å². The Balaban J connectivity index is 1.62. The fraction of sp³-hybridized carbons (Fsp3) is 0.344. The number of nitrogens with zero attached hydrogens (tertiary/aromatic N) is 3. The summed E-state index contributed by atoms with van der Waals surface area (Å²) in [5, 5.41) is 0. The molecule has 3 heteroatoms. The van der Waals surface area contributed by atoms with Crippen LogP contribution in [0.4, 0.5) is 0 Å². The summed E-state index contributed by atoms with van der Waals surface area (Å²) < 4.78 is 2.43. The monoisotopic (exact) mass is 465 g/mol. The van der Waals surface area contributed by atoms with E-state index in [9.17, 15) is 0 Å². The van der Waals surface area contributed by atoms with Crippen molar-refractivity contribution in [2.45, 2.75) is 72.1 Å². The zero-order valence-electron chi connectivity index (χ0n) is 21.7. The van der Waals surface area contributed by atoms with Crippen LogP contribution in [0, 0.1) is 0 Å². The molecule has 1 aromatic heterocycles. The minimum atomic E-state index is 0.169. The summed E-state index contributed by atoms with van der Waals surface area (Å²) in [6.07, 6.45) is 4.40. The zero-order valence-corrected chi connectivity index (χ0v) is 21.7. The van der Waals surface area contributed by atoms with Crippen molar-refractivity contribution in [2.24, 2.45) is 0 Å². The van der Waals surface area contributed by atoms with Gasteiger partial charge in [0.25, 0.3) is 0 Å². The summed E-state index contributed by atoms with van der Waals surface area (Å²) in [7, 11) is 0. The Kier molecular flexibility index (Phi) is 8.20. The first-order valence-corrected chi connectivity index (χ1v) is 12.9. The molecule has 0 radical (unpaired) electrons. The molecule has 0 spiro atoms. The number of benzene rings is 3. The van der Waals surface area contributed by atoms with Gasteiger partial charge in [0.1, 0.15) is 5.82 Å². The second-order valence-electron chi connectivity index (χ2n) is 10.5. The van der Waals surface area contributed by atoms with Gasteiger partial charge in [-0.3, -0.25) is 4.90 Å². The van der Waals surface area contributed by atoms with Crippen LogP contribution in [0.1, 0.15) is 62.9 Å². The smallest absolute Gasteiger partial charge is 0.140 e. The molecular formula is C32H39N3. The van der Waals surface area contributed by atoms with E-state index in [4.69, 9.17) is 4.98 Å². The average molecular weight is 466 g/mol. The molecule has 0 N–H and O–H groups in total. The van der Waals surface area contributed by atoms with E-state index in [1.54, 1.807) is 0 Å². The minimum absolute atomic E-state index is 0.169. The van der Waals surface area contributed by atoms with E-state index < -0.39 is 0 Å². The number of hydrogen-bond donors (Lipinski definition) is 0. The maximum Gasteiger partial charge on any atom is 0.140 e. The third-order valence-corrected chi connectivity index (χ3v) is 6.57. The molecule has 0 amide bonds. The maximum atomic E-state index is 4.88. The molecule has 0 aliphatic rings. The third kappa shape index (κ3) is 6.70. The van der Waals surface area contributed by atoms with Crippen LogP contribution in [0.2, 0.25) is 0 Å². The first kappa shape index (κ1) is 24.9. The molecule has 4 aromatic rings. The van der Waals surface area contributed by atoms with Gasteiger partial charge in [0, 0.05) is 31.7 Å². The summed E-state index contributed by atoms with van der Waals surface area (Å²) in [6.45, 7) is 12.7. The van der Waals surface area contributed by atoms with Crippen LogP contribution < -0.4 is 0 Å². The quantitative estimate of drug-likeness (QED) is 0.238. The van der Waals surface area contributed by atoms with Crippen molar-refractivity contribution in [3.8, 4) is 11.4 Å². The van der Waals surface area contributed by atoms with Gasteiger partial charge in [-0.1, -0.05) is 119 Å². The maximum absolute atomic E-state index is 4.88. The van der Waals surface area contributed by atoms with Crippen LogP contribution in [-0.2, 0) is 31.6 Å². The highest BCUT2D eigenvalue weighted by Crippen LogP contribution is 2.25. The predicted octanol–water partition coefficient (Wildman–Crippen LogP) is 7.85. The van der Waals surface area contributed by atoms with Crippen molar-refractivity contribution in [1.82, 2.24) is 14.5 Å². The molecule has 4 rings (SSSR count). The Labute approximate surface area is 211 Å². The Morgan fingerprint density at radius 3 is 1.94 bits per heavy atom. The summed E-state index contributed by atoms with van der Waals surface area (Å²) >= 11 is 0. The van der Waals surface area contributed by atoms with Crippen molar-refractivity contribution in [3.63, 3.8) is 0 Å². The second-order valence-corrected chi connectivity index (χ2v) is 10.5. The Morgan fingerprint density at radius 2 is 1.34 bits per heavy atom. The van der Waals surface area contributed by atoms with Crippen LogP contribution >= 0.6 is 0 Å². The first-order valence-electron chi connectivity index (χ1n) is 12.9. The molecule has 182 valence electrons. The fourth-order valence-electron chi connectivity index (χ4n) is 4.53. The molecular weight excluding hydrogens is 426 g/mol. The number of unbranched alkanes of at least 4 members (excludes halogenated alkanes) is 1. The molecule has 0 bridgehead atoms. The highest BCUT2D eigenvalue weighted by Gasteiger charge is 2.17. The molecule has 0 saturated carbocycles. The van der Waals surface area contributed by atoms with Crippen molar-refractivity contribution < 1.29 is 0 Å². The lowest BCUT2D eigenvalue weighted by Gasteiger charge is -2.25. The fourth-order valence-corrected chi connectivity index (χ4v) is 4.53. The molecule has 35 heavy (non-hydrogen) atoms. The summed E-state index contributed by atoms with van der Waals surface area (Å²) in [4.78, 5) is 7.42. The van der Waals surface area contributed by atoms with Gasteiger partial charge in [-0.25, -0.2) is 4.98 Å². The molecule has 1 heterocycles. The van der Waals surface area contributed by atoms with E-state index in [0.29, 0.717) is 0 Å². The second kappa shape index (κ2) is 11.5. The van der Waals surface area contributed by atoms with Crippen LogP contribution in [-0.4, -0.2) is 14.5 Å². The summed E-state index contributed by atoms with van der Waals surface area (Å²) in [5.74, 6) is 1.07. The van der Waals surface area contributed by atoms with Crippen LogP contribution in [0.15, 0.2) is 91.1 Å².